The summed E-state index contributed by atoms with van der Waals surface area (Å²) in [5.41, 5.74) is 4.11. The number of carbonyl (C=O) groups excluding carboxylic acids is 1. The minimum absolute atomic E-state index is 0.0234. The van der Waals surface area contributed by atoms with Crippen LogP contribution in [0.2, 0.25) is 0 Å². The van der Waals surface area contributed by atoms with E-state index in [0.29, 0.717) is 17.4 Å². The van der Waals surface area contributed by atoms with Crippen molar-refractivity contribution in [2.24, 2.45) is 0 Å². The molecule has 0 aliphatic heterocycles. The van der Waals surface area contributed by atoms with Gasteiger partial charge in [-0.1, -0.05) is 6.07 Å². The SMILES string of the molecule is COc1cc2c(cc1OC)C(NC(=O)c1cccc3c1ccn3C(C)C)CC2. The molecular weight excluding hydrogens is 352 g/mol. The van der Waals surface area contributed by atoms with Gasteiger partial charge < -0.3 is 19.4 Å². The summed E-state index contributed by atoms with van der Waals surface area (Å²) in [6.07, 6.45) is 3.84. The zero-order chi connectivity index (χ0) is 19.8. The van der Waals surface area contributed by atoms with Crippen LogP contribution in [-0.4, -0.2) is 24.7 Å². The van der Waals surface area contributed by atoms with Crippen molar-refractivity contribution < 1.29 is 14.3 Å². The summed E-state index contributed by atoms with van der Waals surface area (Å²) in [5, 5.41) is 4.21. The second kappa shape index (κ2) is 7.23. The molecule has 5 heteroatoms. The minimum atomic E-state index is -0.0419. The smallest absolute Gasteiger partial charge is 0.252 e. The van der Waals surface area contributed by atoms with Crippen LogP contribution in [0.25, 0.3) is 10.9 Å². The van der Waals surface area contributed by atoms with Gasteiger partial charge in [0, 0.05) is 28.7 Å². The van der Waals surface area contributed by atoms with Crippen LogP contribution in [0.1, 0.15) is 53.8 Å². The van der Waals surface area contributed by atoms with Crippen molar-refractivity contribution >= 4 is 16.8 Å². The highest BCUT2D eigenvalue weighted by molar-refractivity contribution is 6.06. The number of aryl methyl sites for hydroxylation is 1. The minimum Gasteiger partial charge on any atom is -0.493 e. The number of benzene rings is 2. The van der Waals surface area contributed by atoms with Crippen LogP contribution >= 0.6 is 0 Å². The van der Waals surface area contributed by atoms with Crippen molar-refractivity contribution in [3.05, 3.63) is 59.3 Å². The third-order valence-electron chi connectivity index (χ3n) is 5.59. The van der Waals surface area contributed by atoms with Gasteiger partial charge >= 0.3 is 0 Å². The molecule has 0 saturated heterocycles. The summed E-state index contributed by atoms with van der Waals surface area (Å²) in [5.74, 6) is 1.38. The van der Waals surface area contributed by atoms with Crippen LogP contribution < -0.4 is 14.8 Å². The highest BCUT2D eigenvalue weighted by Gasteiger charge is 2.27. The third kappa shape index (κ3) is 3.01. The van der Waals surface area contributed by atoms with E-state index in [1.54, 1.807) is 14.2 Å². The summed E-state index contributed by atoms with van der Waals surface area (Å²) in [6, 6.07) is 12.3. The maximum Gasteiger partial charge on any atom is 0.252 e. The first-order chi connectivity index (χ1) is 13.5. The molecule has 1 unspecified atom stereocenters. The summed E-state index contributed by atoms with van der Waals surface area (Å²) in [4.78, 5) is 13.1. The normalized spacial score (nSPS) is 15.7. The van der Waals surface area contributed by atoms with Crippen LogP contribution in [0, 0.1) is 0 Å². The summed E-state index contributed by atoms with van der Waals surface area (Å²) < 4.78 is 13.0. The van der Waals surface area contributed by atoms with Crippen LogP contribution in [0.4, 0.5) is 0 Å². The molecule has 0 radical (unpaired) electrons. The monoisotopic (exact) mass is 378 g/mol. The first-order valence-electron chi connectivity index (χ1n) is 9.68. The number of hydrogen-bond acceptors (Lipinski definition) is 3. The maximum absolute atomic E-state index is 13.1. The van der Waals surface area contributed by atoms with E-state index < -0.39 is 0 Å². The molecular formula is C23H26N2O3. The van der Waals surface area contributed by atoms with Gasteiger partial charge in [0.05, 0.1) is 20.3 Å². The van der Waals surface area contributed by atoms with E-state index >= 15 is 0 Å². The van der Waals surface area contributed by atoms with E-state index in [0.717, 1.165) is 35.1 Å². The topological polar surface area (TPSA) is 52.5 Å². The number of aromatic nitrogens is 1. The van der Waals surface area contributed by atoms with E-state index in [4.69, 9.17) is 9.47 Å². The summed E-state index contributed by atoms with van der Waals surface area (Å²) in [7, 11) is 3.27. The Bertz CT molecular complexity index is 1040. The van der Waals surface area contributed by atoms with Gasteiger partial charge in [0.15, 0.2) is 11.5 Å². The molecule has 1 N–H and O–H groups in total. The Balaban J connectivity index is 1.64. The molecule has 1 heterocycles. The highest BCUT2D eigenvalue weighted by atomic mass is 16.5. The third-order valence-corrected chi connectivity index (χ3v) is 5.59. The Morgan fingerprint density at radius 1 is 1.14 bits per heavy atom. The number of fused-ring (bicyclic) bond motifs is 2. The molecule has 1 aliphatic carbocycles. The number of nitrogens with one attached hydrogen (secondary N) is 1. The molecule has 0 bridgehead atoms. The van der Waals surface area contributed by atoms with E-state index in [1.165, 1.54) is 5.56 Å². The number of nitrogens with zero attached hydrogens (tertiary/aromatic N) is 1. The van der Waals surface area contributed by atoms with E-state index in [-0.39, 0.29) is 11.9 Å². The highest BCUT2D eigenvalue weighted by Crippen LogP contribution is 2.39. The second-order valence-electron chi connectivity index (χ2n) is 7.53. The van der Waals surface area contributed by atoms with Crippen LogP contribution in [0.15, 0.2) is 42.6 Å². The molecule has 5 nitrogen and oxygen atoms in total. The number of rotatable bonds is 5. The van der Waals surface area contributed by atoms with Crippen molar-refractivity contribution in [2.75, 3.05) is 14.2 Å². The van der Waals surface area contributed by atoms with E-state index in [2.05, 4.69) is 29.8 Å². The van der Waals surface area contributed by atoms with Crippen molar-refractivity contribution in [2.45, 2.75) is 38.8 Å². The molecule has 0 fully saturated rings. The average molecular weight is 378 g/mol. The van der Waals surface area contributed by atoms with Gasteiger partial charge in [-0.2, -0.15) is 0 Å². The van der Waals surface area contributed by atoms with Gasteiger partial charge in [-0.15, -0.1) is 0 Å². The first-order valence-corrected chi connectivity index (χ1v) is 9.68. The summed E-state index contributed by atoms with van der Waals surface area (Å²) in [6.45, 7) is 4.28. The zero-order valence-corrected chi connectivity index (χ0v) is 16.8. The summed E-state index contributed by atoms with van der Waals surface area (Å²) >= 11 is 0. The maximum atomic E-state index is 13.1. The number of methoxy groups -OCH3 is 2. The van der Waals surface area contributed by atoms with Crippen LogP contribution in [0.3, 0.4) is 0 Å². The second-order valence-corrected chi connectivity index (χ2v) is 7.53. The molecule has 2 aromatic carbocycles. The molecule has 1 amide bonds. The van der Waals surface area contributed by atoms with Gasteiger partial charge in [-0.05, 0) is 68.1 Å². The number of ether oxygens (including phenoxy) is 2. The first kappa shape index (κ1) is 18.4. The van der Waals surface area contributed by atoms with Crippen molar-refractivity contribution in [1.29, 1.82) is 0 Å². The fraction of sp³-hybridized carbons (Fsp3) is 0.348. The molecule has 1 aromatic heterocycles. The standard InChI is InChI=1S/C23H26N2O3/c1-14(2)25-11-10-16-17(6-5-7-20(16)25)23(26)24-19-9-8-15-12-21(27-3)22(28-4)13-18(15)19/h5-7,10-14,19H,8-9H2,1-4H3,(H,24,26). The zero-order valence-electron chi connectivity index (χ0n) is 16.8. The van der Waals surface area contributed by atoms with Gasteiger partial charge in [-0.3, -0.25) is 4.79 Å². The average Bonchev–Trinajstić information content (AvgIpc) is 3.30. The Kier molecular flexibility index (Phi) is 4.75. The fourth-order valence-corrected chi connectivity index (χ4v) is 4.16. The Labute approximate surface area is 165 Å². The van der Waals surface area contributed by atoms with Crippen molar-refractivity contribution in [1.82, 2.24) is 9.88 Å². The van der Waals surface area contributed by atoms with Crippen LogP contribution in [0.5, 0.6) is 11.5 Å². The predicted molar refractivity (Wildman–Crippen MR) is 110 cm³/mol. The Morgan fingerprint density at radius 2 is 1.89 bits per heavy atom. The van der Waals surface area contributed by atoms with Crippen molar-refractivity contribution in [3.8, 4) is 11.5 Å². The Morgan fingerprint density at radius 3 is 2.61 bits per heavy atom. The molecule has 28 heavy (non-hydrogen) atoms. The lowest BCUT2D eigenvalue weighted by atomic mass is 10.1. The lowest BCUT2D eigenvalue weighted by Gasteiger charge is -2.17. The van der Waals surface area contributed by atoms with Gasteiger partial charge in [0.2, 0.25) is 0 Å². The lowest BCUT2D eigenvalue weighted by Crippen LogP contribution is -2.27. The largest absolute Gasteiger partial charge is 0.493 e. The number of carbonyl (C=O) groups is 1. The lowest BCUT2D eigenvalue weighted by molar-refractivity contribution is 0.0938. The number of hydrogen-bond donors (Lipinski definition) is 1. The van der Waals surface area contributed by atoms with E-state index in [9.17, 15) is 4.79 Å². The van der Waals surface area contributed by atoms with Gasteiger partial charge in [0.1, 0.15) is 0 Å². The molecule has 1 atom stereocenters. The van der Waals surface area contributed by atoms with Gasteiger partial charge in [-0.25, -0.2) is 0 Å². The van der Waals surface area contributed by atoms with Crippen LogP contribution in [-0.2, 0) is 6.42 Å². The quantitative estimate of drug-likeness (QED) is 0.703. The Hall–Kier alpha value is -2.95. The molecule has 0 spiro atoms. The molecule has 1 aliphatic rings. The van der Waals surface area contributed by atoms with Crippen molar-refractivity contribution in [3.63, 3.8) is 0 Å². The molecule has 3 aromatic rings. The van der Waals surface area contributed by atoms with E-state index in [1.807, 2.05) is 36.5 Å². The van der Waals surface area contributed by atoms with Gasteiger partial charge in [0.25, 0.3) is 5.91 Å². The molecule has 4 rings (SSSR count). The molecule has 146 valence electrons. The number of amides is 1. The predicted octanol–water partition coefficient (Wildman–Crippen LogP) is 4.66. The molecule has 0 saturated carbocycles. The fourth-order valence-electron chi connectivity index (χ4n) is 4.16.